The van der Waals surface area contributed by atoms with Crippen LogP contribution >= 0.6 is 0 Å². The summed E-state index contributed by atoms with van der Waals surface area (Å²) in [7, 11) is 0. The van der Waals surface area contributed by atoms with Gasteiger partial charge < -0.3 is 0 Å². The Balaban J connectivity index is 5.30. The van der Waals surface area contributed by atoms with E-state index >= 15 is 0 Å². The molecular formula is C4AsF9. The van der Waals surface area contributed by atoms with Crippen molar-refractivity contribution in [3.8, 4) is 0 Å². The molecule has 0 N–H and O–H groups in total. The van der Waals surface area contributed by atoms with Gasteiger partial charge in [-0.25, -0.2) is 0 Å². The van der Waals surface area contributed by atoms with E-state index < -0.39 is 22.7 Å². The van der Waals surface area contributed by atoms with Gasteiger partial charge in [-0.3, -0.25) is 0 Å². The zero-order valence-corrected chi connectivity index (χ0v) is 7.73. The third kappa shape index (κ3) is 1.96. The third-order valence-corrected chi connectivity index (χ3v) is 1.72. The molecule has 0 aliphatic rings. The molecule has 0 saturated heterocycles. The van der Waals surface area contributed by atoms with E-state index in [-0.39, 0.29) is 16.9 Å². The summed E-state index contributed by atoms with van der Waals surface area (Å²) >= 11 is -0.222. The molecule has 2 radical (unpaired) electrons. The van der Waals surface area contributed by atoms with Gasteiger partial charge in [0.15, 0.2) is 0 Å². The monoisotopic (exact) mass is 294 g/mol. The first kappa shape index (κ1) is 13.9. The molecule has 0 aliphatic carbocycles. The van der Waals surface area contributed by atoms with Gasteiger partial charge in [0.05, 0.1) is 0 Å². The molecule has 0 aromatic heterocycles. The van der Waals surface area contributed by atoms with E-state index in [0.717, 1.165) is 0 Å². The van der Waals surface area contributed by atoms with Gasteiger partial charge in [-0.1, -0.05) is 0 Å². The number of alkyl halides is 9. The van der Waals surface area contributed by atoms with Gasteiger partial charge in [0.25, 0.3) is 0 Å². The molecule has 0 spiro atoms. The number of rotatable bonds is 2. The van der Waals surface area contributed by atoms with E-state index in [2.05, 4.69) is 0 Å². The Bertz CT molecular complexity index is 186. The van der Waals surface area contributed by atoms with E-state index in [9.17, 15) is 39.5 Å². The maximum absolute atomic E-state index is 12.0. The summed E-state index contributed by atoms with van der Waals surface area (Å²) in [5.74, 6) is -13.3. The van der Waals surface area contributed by atoms with Crippen LogP contribution in [0.15, 0.2) is 0 Å². The van der Waals surface area contributed by atoms with Gasteiger partial charge >= 0.3 is 79.1 Å². The summed E-state index contributed by atoms with van der Waals surface area (Å²) in [6, 6.07) is 0. The molecule has 84 valence electrons. The molecule has 10 heteroatoms. The number of hydrogen-bond acceptors (Lipinski definition) is 0. The summed E-state index contributed by atoms with van der Waals surface area (Å²) < 4.78 is 99.5. The van der Waals surface area contributed by atoms with Crippen LogP contribution in [0.25, 0.3) is 0 Å². The average Bonchev–Trinajstić information content (AvgIpc) is 1.81. The second kappa shape index (κ2) is 3.21. The molecule has 0 nitrogen and oxygen atoms in total. The van der Waals surface area contributed by atoms with Crippen LogP contribution in [0, 0.1) is 0 Å². The Morgan fingerprint density at radius 2 is 0.857 bits per heavy atom. The second-order valence-electron chi connectivity index (χ2n) is 2.19. The molecule has 0 fully saturated rings. The Morgan fingerprint density at radius 3 is 0.929 bits per heavy atom. The predicted octanol–water partition coefficient (Wildman–Crippen LogP) is 2.58. The van der Waals surface area contributed by atoms with Crippen LogP contribution < -0.4 is 0 Å². The zero-order chi connectivity index (χ0) is 12.0. The topological polar surface area (TPSA) is 0 Å². The summed E-state index contributed by atoms with van der Waals surface area (Å²) in [6.07, 6.45) is -6.74. The molecule has 0 unspecified atom stereocenters. The van der Waals surface area contributed by atoms with Crippen LogP contribution in [0.1, 0.15) is 0 Å². The van der Waals surface area contributed by atoms with E-state index in [4.69, 9.17) is 0 Å². The molecule has 0 bridgehead atoms. The van der Waals surface area contributed by atoms with Crippen molar-refractivity contribution >= 4 is 16.9 Å². The Labute approximate surface area is 79.9 Å². The van der Waals surface area contributed by atoms with Crippen molar-refractivity contribution in [3.05, 3.63) is 0 Å². The van der Waals surface area contributed by atoms with Crippen LogP contribution in [-0.2, 0) is 0 Å². The normalized spacial score (nSPS) is 15.9. The first-order valence-corrected chi connectivity index (χ1v) is 3.61. The van der Waals surface area contributed by atoms with Crippen molar-refractivity contribution in [2.75, 3.05) is 0 Å². The van der Waals surface area contributed by atoms with Crippen LogP contribution in [-0.4, -0.2) is 39.6 Å². The molecule has 0 heterocycles. The molecular weight excluding hydrogens is 294 g/mol. The Hall–Kier alpha value is -0.0716. The first-order valence-electron chi connectivity index (χ1n) is 2.67. The fraction of sp³-hybridized carbons (Fsp3) is 1.00. The quantitative estimate of drug-likeness (QED) is 0.542. The molecule has 0 amide bonds. The second-order valence-corrected chi connectivity index (χ2v) is 3.37. The molecule has 0 rings (SSSR count). The fourth-order valence-corrected chi connectivity index (χ4v) is 0.661. The van der Waals surface area contributed by atoms with E-state index in [1.807, 2.05) is 0 Å². The molecule has 0 aromatic carbocycles. The standard InChI is InChI=1S/C4AsF9/c5-3(10,11)1(6,7)2(8,9)4(12,13)14. The summed E-state index contributed by atoms with van der Waals surface area (Å²) in [4.78, 5) is 0. The third-order valence-electron chi connectivity index (χ3n) is 1.13. The van der Waals surface area contributed by atoms with Gasteiger partial charge in [0.1, 0.15) is 0 Å². The molecule has 14 heavy (non-hydrogen) atoms. The van der Waals surface area contributed by atoms with E-state index in [1.54, 1.807) is 0 Å². The molecule has 0 aromatic rings. The van der Waals surface area contributed by atoms with Crippen LogP contribution in [0.3, 0.4) is 0 Å². The zero-order valence-electron chi connectivity index (χ0n) is 5.85. The van der Waals surface area contributed by atoms with Crippen LogP contribution in [0.2, 0.25) is 0 Å². The Morgan fingerprint density at radius 1 is 0.571 bits per heavy atom. The summed E-state index contributed by atoms with van der Waals surface area (Å²) in [6.45, 7) is 0. The number of halogens is 9. The van der Waals surface area contributed by atoms with Crippen molar-refractivity contribution in [2.45, 2.75) is 22.7 Å². The molecule has 0 saturated carbocycles. The number of hydrogen-bond donors (Lipinski definition) is 0. The molecule has 0 aliphatic heterocycles. The van der Waals surface area contributed by atoms with Crippen molar-refractivity contribution in [1.82, 2.24) is 0 Å². The summed E-state index contributed by atoms with van der Waals surface area (Å²) in [5, 5.41) is 0. The van der Waals surface area contributed by atoms with Crippen molar-refractivity contribution < 1.29 is 39.5 Å². The van der Waals surface area contributed by atoms with Gasteiger partial charge in [-0.05, 0) is 0 Å². The average molecular weight is 294 g/mol. The summed E-state index contributed by atoms with van der Waals surface area (Å²) in [5.41, 5.74) is 0. The van der Waals surface area contributed by atoms with Crippen LogP contribution in [0.4, 0.5) is 39.5 Å². The first-order chi connectivity index (χ1) is 5.75. The van der Waals surface area contributed by atoms with E-state index in [1.165, 1.54) is 0 Å². The van der Waals surface area contributed by atoms with Crippen molar-refractivity contribution in [2.24, 2.45) is 0 Å². The van der Waals surface area contributed by atoms with Gasteiger partial charge in [0, 0.05) is 0 Å². The molecule has 0 atom stereocenters. The minimum atomic E-state index is -6.78. The van der Waals surface area contributed by atoms with Gasteiger partial charge in [-0.2, -0.15) is 0 Å². The Kier molecular flexibility index (Phi) is 3.20. The van der Waals surface area contributed by atoms with E-state index in [0.29, 0.717) is 0 Å². The minimum absolute atomic E-state index is 0.222. The maximum atomic E-state index is 12.0. The van der Waals surface area contributed by atoms with Crippen molar-refractivity contribution in [3.63, 3.8) is 0 Å². The van der Waals surface area contributed by atoms with Crippen molar-refractivity contribution in [1.29, 1.82) is 0 Å². The fourth-order valence-electron chi connectivity index (χ4n) is 0.367. The van der Waals surface area contributed by atoms with Gasteiger partial charge in [0.2, 0.25) is 0 Å². The van der Waals surface area contributed by atoms with Gasteiger partial charge in [-0.15, -0.1) is 0 Å². The SMILES string of the molecule is FC(F)(F)C(F)(F)C(F)(F)C(F)(F)[As]. The predicted molar refractivity (Wildman–Crippen MR) is 26.6 cm³/mol. The van der Waals surface area contributed by atoms with Crippen LogP contribution in [0.5, 0.6) is 0 Å².